The van der Waals surface area contributed by atoms with Crippen molar-refractivity contribution in [1.29, 1.82) is 0 Å². The highest BCUT2D eigenvalue weighted by Gasteiger charge is 2.39. The van der Waals surface area contributed by atoms with E-state index < -0.39 is 28.9 Å². The number of ether oxygens (including phenoxy) is 2. The summed E-state index contributed by atoms with van der Waals surface area (Å²) < 4.78 is 61.3. The molecule has 10 heteroatoms. The van der Waals surface area contributed by atoms with E-state index in [9.17, 15) is 22.8 Å². The fourth-order valence-corrected chi connectivity index (χ4v) is 3.22. The number of rotatable bonds is 6. The molecule has 0 bridgehead atoms. The van der Waals surface area contributed by atoms with Crippen LogP contribution in [0.4, 0.5) is 13.2 Å². The van der Waals surface area contributed by atoms with Crippen LogP contribution < -0.4 is 14.9 Å². The number of aromatic nitrogens is 1. The Bertz CT molecular complexity index is 1360. The van der Waals surface area contributed by atoms with Crippen molar-refractivity contribution in [3.63, 3.8) is 0 Å². The summed E-state index contributed by atoms with van der Waals surface area (Å²) in [6, 6.07) is 12.6. The highest BCUT2D eigenvalue weighted by atomic mass is 19.4. The van der Waals surface area contributed by atoms with E-state index in [0.717, 1.165) is 6.07 Å². The summed E-state index contributed by atoms with van der Waals surface area (Å²) in [5.74, 6) is -1.49. The van der Waals surface area contributed by atoms with Crippen LogP contribution in [0.2, 0.25) is 0 Å². The maximum atomic E-state index is 13.7. The number of fused-ring (bicyclic) bond motifs is 1. The van der Waals surface area contributed by atoms with Gasteiger partial charge >= 0.3 is 12.1 Å². The van der Waals surface area contributed by atoms with Crippen LogP contribution in [0, 0.1) is 0 Å². The number of nitrogens with zero attached hydrogens (tertiary/aromatic N) is 1. The molecular formula is C23H16F3NO6. The molecule has 0 aliphatic carbocycles. The Morgan fingerprint density at radius 1 is 1.09 bits per heavy atom. The molecule has 0 saturated heterocycles. The van der Waals surface area contributed by atoms with Crippen molar-refractivity contribution in [2.45, 2.75) is 19.0 Å². The Balaban J connectivity index is 1.63. The lowest BCUT2D eigenvalue weighted by Gasteiger charge is -2.13. The van der Waals surface area contributed by atoms with Gasteiger partial charge < -0.3 is 18.4 Å². The van der Waals surface area contributed by atoms with Crippen molar-refractivity contribution in [3.05, 3.63) is 76.3 Å². The summed E-state index contributed by atoms with van der Waals surface area (Å²) in [4.78, 5) is 25.1. The van der Waals surface area contributed by atoms with E-state index in [1.54, 1.807) is 6.07 Å². The topological polar surface area (TPSA) is 91.8 Å². The molecule has 2 aromatic carbocycles. The zero-order valence-corrected chi connectivity index (χ0v) is 17.1. The van der Waals surface area contributed by atoms with Gasteiger partial charge in [0.1, 0.15) is 17.1 Å². The Labute approximate surface area is 184 Å². The second-order valence-electron chi connectivity index (χ2n) is 6.97. The number of aryl methyl sites for hydroxylation is 1. The standard InChI is InChI=1S/C23H16F3NO6/c1-30-18-12-15(33-27-18)8-10-19(28)31-14-7-9-16-17(11-14)32-22(23(24,25)26)20(21(16)29)13-5-3-2-4-6-13/h2-7,9,11-12H,8,10H2,1H3. The van der Waals surface area contributed by atoms with Crippen molar-refractivity contribution < 1.29 is 36.4 Å². The molecule has 0 saturated carbocycles. The number of methoxy groups -OCH3 is 1. The van der Waals surface area contributed by atoms with E-state index in [1.165, 1.54) is 49.6 Å². The van der Waals surface area contributed by atoms with E-state index in [0.29, 0.717) is 5.76 Å². The van der Waals surface area contributed by atoms with Gasteiger partial charge in [0, 0.05) is 18.6 Å². The van der Waals surface area contributed by atoms with Crippen LogP contribution in [0.3, 0.4) is 0 Å². The average Bonchev–Trinajstić information content (AvgIpc) is 3.26. The van der Waals surface area contributed by atoms with Crippen molar-refractivity contribution in [1.82, 2.24) is 5.16 Å². The summed E-state index contributed by atoms with van der Waals surface area (Å²) in [6.45, 7) is 0. The molecule has 0 atom stereocenters. The highest BCUT2D eigenvalue weighted by molar-refractivity contribution is 5.85. The smallest absolute Gasteiger partial charge is 0.450 e. The molecule has 0 aliphatic heterocycles. The number of hydrogen-bond donors (Lipinski definition) is 0. The monoisotopic (exact) mass is 459 g/mol. The van der Waals surface area contributed by atoms with E-state index in [-0.39, 0.29) is 41.0 Å². The molecule has 0 radical (unpaired) electrons. The molecule has 0 amide bonds. The van der Waals surface area contributed by atoms with Crippen LogP contribution in [-0.2, 0) is 17.4 Å². The minimum atomic E-state index is -4.91. The first kappa shape index (κ1) is 22.1. The lowest BCUT2D eigenvalue weighted by atomic mass is 10.0. The van der Waals surface area contributed by atoms with Gasteiger partial charge in [-0.15, -0.1) is 0 Å². The van der Waals surface area contributed by atoms with Crippen LogP contribution >= 0.6 is 0 Å². The molecule has 33 heavy (non-hydrogen) atoms. The van der Waals surface area contributed by atoms with Crippen molar-refractivity contribution in [3.8, 4) is 22.8 Å². The molecule has 0 N–H and O–H groups in total. The number of alkyl halides is 3. The molecular weight excluding hydrogens is 443 g/mol. The van der Waals surface area contributed by atoms with Gasteiger partial charge in [0.05, 0.1) is 24.5 Å². The van der Waals surface area contributed by atoms with Crippen LogP contribution in [0.5, 0.6) is 11.6 Å². The van der Waals surface area contributed by atoms with Gasteiger partial charge in [-0.2, -0.15) is 13.2 Å². The first-order valence-electron chi connectivity index (χ1n) is 9.70. The van der Waals surface area contributed by atoms with Crippen LogP contribution in [-0.4, -0.2) is 18.2 Å². The molecule has 2 heterocycles. The van der Waals surface area contributed by atoms with Gasteiger partial charge in [-0.25, -0.2) is 0 Å². The first-order valence-corrected chi connectivity index (χ1v) is 9.70. The quantitative estimate of drug-likeness (QED) is 0.296. The maximum absolute atomic E-state index is 13.7. The number of benzene rings is 2. The Morgan fingerprint density at radius 3 is 2.52 bits per heavy atom. The fourth-order valence-electron chi connectivity index (χ4n) is 3.22. The Morgan fingerprint density at radius 2 is 1.85 bits per heavy atom. The second kappa shape index (κ2) is 8.81. The van der Waals surface area contributed by atoms with Crippen LogP contribution in [0.15, 0.2) is 68.3 Å². The van der Waals surface area contributed by atoms with E-state index in [2.05, 4.69) is 5.16 Å². The van der Waals surface area contributed by atoms with Crippen LogP contribution in [0.25, 0.3) is 22.1 Å². The molecule has 0 spiro atoms. The highest BCUT2D eigenvalue weighted by Crippen LogP contribution is 2.37. The van der Waals surface area contributed by atoms with Gasteiger partial charge in [-0.05, 0) is 22.9 Å². The molecule has 0 unspecified atom stereocenters. The first-order chi connectivity index (χ1) is 15.8. The van der Waals surface area contributed by atoms with Crippen LogP contribution in [0.1, 0.15) is 17.9 Å². The summed E-state index contributed by atoms with van der Waals surface area (Å²) >= 11 is 0. The predicted octanol–water partition coefficient (Wildman–Crippen LogP) is 5.01. The molecule has 7 nitrogen and oxygen atoms in total. The maximum Gasteiger partial charge on any atom is 0.450 e. The van der Waals surface area contributed by atoms with Crippen molar-refractivity contribution >= 4 is 16.9 Å². The van der Waals surface area contributed by atoms with Gasteiger partial charge in [0.25, 0.3) is 5.88 Å². The summed E-state index contributed by atoms with van der Waals surface area (Å²) in [7, 11) is 1.42. The van der Waals surface area contributed by atoms with E-state index in [4.69, 9.17) is 18.4 Å². The molecule has 170 valence electrons. The number of carbonyl (C=O) groups is 1. The molecule has 4 aromatic rings. The largest absolute Gasteiger partial charge is 0.479 e. The van der Waals surface area contributed by atoms with Gasteiger partial charge in [-0.1, -0.05) is 30.3 Å². The lowest BCUT2D eigenvalue weighted by molar-refractivity contribution is -0.152. The molecule has 2 aromatic heterocycles. The molecule has 4 rings (SSSR count). The zero-order chi connectivity index (χ0) is 23.6. The SMILES string of the molecule is COc1cc(CCC(=O)Oc2ccc3c(=O)c(-c4ccccc4)c(C(F)(F)F)oc3c2)on1. The molecule has 0 fully saturated rings. The number of hydrogen-bond acceptors (Lipinski definition) is 7. The Kier molecular flexibility index (Phi) is 5.91. The summed E-state index contributed by atoms with van der Waals surface area (Å²) in [5.41, 5.74) is -1.69. The number of carbonyl (C=O) groups excluding carboxylic acids is 1. The van der Waals surface area contributed by atoms with Gasteiger partial charge in [-0.3, -0.25) is 9.59 Å². The van der Waals surface area contributed by atoms with Gasteiger partial charge in [0.2, 0.25) is 11.2 Å². The normalized spacial score (nSPS) is 11.5. The average molecular weight is 459 g/mol. The van der Waals surface area contributed by atoms with E-state index >= 15 is 0 Å². The zero-order valence-electron chi connectivity index (χ0n) is 17.1. The molecule has 0 aliphatic rings. The fraction of sp³-hybridized carbons (Fsp3) is 0.174. The minimum Gasteiger partial charge on any atom is -0.479 e. The minimum absolute atomic E-state index is 0.0635. The van der Waals surface area contributed by atoms with Crippen molar-refractivity contribution in [2.75, 3.05) is 7.11 Å². The lowest BCUT2D eigenvalue weighted by Crippen LogP contribution is -2.16. The van der Waals surface area contributed by atoms with E-state index in [1.807, 2.05) is 0 Å². The summed E-state index contributed by atoms with van der Waals surface area (Å²) in [6.07, 6.45) is -4.82. The second-order valence-corrected chi connectivity index (χ2v) is 6.97. The predicted molar refractivity (Wildman–Crippen MR) is 110 cm³/mol. The third-order valence-corrected chi connectivity index (χ3v) is 4.74. The summed E-state index contributed by atoms with van der Waals surface area (Å²) in [5, 5.41) is 3.54. The Hall–Kier alpha value is -4.08. The number of esters is 1. The third-order valence-electron chi connectivity index (χ3n) is 4.74. The van der Waals surface area contributed by atoms with Crippen molar-refractivity contribution in [2.24, 2.45) is 0 Å². The third kappa shape index (κ3) is 4.74. The number of halogens is 3. The van der Waals surface area contributed by atoms with Gasteiger partial charge in [0.15, 0.2) is 0 Å².